The molecule has 0 radical (unpaired) electrons. The molecule has 0 saturated heterocycles. The Morgan fingerprint density at radius 1 is 1.00 bits per heavy atom. The average Bonchev–Trinajstić information content (AvgIpc) is 2.41. The lowest BCUT2D eigenvalue weighted by atomic mass is 10.1. The summed E-state index contributed by atoms with van der Waals surface area (Å²) in [6.45, 7) is 0.665. The van der Waals surface area contributed by atoms with Crippen molar-refractivity contribution in [3.05, 3.63) is 29.0 Å². The van der Waals surface area contributed by atoms with Crippen LogP contribution in [-0.2, 0) is 0 Å². The topological polar surface area (TPSA) is 9.23 Å². The van der Waals surface area contributed by atoms with Gasteiger partial charge in [0.1, 0.15) is 11.6 Å². The lowest BCUT2D eigenvalue weighted by molar-refractivity contribution is 0.304. The molecule has 0 unspecified atom stereocenters. The van der Waals surface area contributed by atoms with Crippen LogP contribution in [0.2, 0.25) is 5.02 Å². The van der Waals surface area contributed by atoms with Gasteiger partial charge in [0.2, 0.25) is 0 Å². The van der Waals surface area contributed by atoms with Crippen LogP contribution in [-0.4, -0.2) is 12.4 Å². The summed E-state index contributed by atoms with van der Waals surface area (Å²) in [6.07, 6.45) is 8.55. The maximum atomic E-state index is 12.9. The van der Waals surface area contributed by atoms with Gasteiger partial charge in [-0.05, 0) is 30.7 Å². The minimum absolute atomic E-state index is 0.113. The molecule has 0 atom stereocenters. The lowest BCUT2D eigenvalue weighted by Crippen LogP contribution is -1.97. The first-order valence-electron chi connectivity index (χ1n) is 6.93. The van der Waals surface area contributed by atoms with Gasteiger partial charge >= 0.3 is 0 Å². The predicted molar refractivity (Wildman–Crippen MR) is 83.1 cm³/mol. The van der Waals surface area contributed by atoms with E-state index < -0.39 is 5.82 Å². The van der Waals surface area contributed by atoms with Crippen molar-refractivity contribution in [3.8, 4) is 5.75 Å². The molecule has 0 aliphatic rings. The van der Waals surface area contributed by atoms with Crippen molar-refractivity contribution >= 4 is 24.2 Å². The van der Waals surface area contributed by atoms with Gasteiger partial charge in [0.05, 0.1) is 11.6 Å². The number of rotatable bonds is 10. The van der Waals surface area contributed by atoms with Gasteiger partial charge in [0, 0.05) is 6.07 Å². The zero-order valence-corrected chi connectivity index (χ0v) is 12.9. The van der Waals surface area contributed by atoms with E-state index in [0.717, 1.165) is 12.2 Å². The second kappa shape index (κ2) is 10.4. The molecule has 0 fully saturated rings. The third-order valence-electron chi connectivity index (χ3n) is 2.96. The van der Waals surface area contributed by atoms with Crippen LogP contribution in [0.5, 0.6) is 5.75 Å². The number of hydrogen-bond acceptors (Lipinski definition) is 2. The molecule has 0 aliphatic heterocycles. The molecule has 19 heavy (non-hydrogen) atoms. The molecule has 1 rings (SSSR count). The van der Waals surface area contributed by atoms with Gasteiger partial charge in [-0.1, -0.05) is 43.7 Å². The number of thiol groups is 1. The van der Waals surface area contributed by atoms with Crippen molar-refractivity contribution in [2.45, 2.75) is 44.9 Å². The molecule has 1 nitrogen and oxygen atoms in total. The van der Waals surface area contributed by atoms with Crippen molar-refractivity contribution in [3.63, 3.8) is 0 Å². The van der Waals surface area contributed by atoms with E-state index >= 15 is 0 Å². The Morgan fingerprint density at radius 3 is 2.26 bits per heavy atom. The molecule has 0 N–H and O–H groups in total. The summed E-state index contributed by atoms with van der Waals surface area (Å²) < 4.78 is 18.4. The summed E-state index contributed by atoms with van der Waals surface area (Å²) in [7, 11) is 0. The van der Waals surface area contributed by atoms with Crippen LogP contribution < -0.4 is 4.74 Å². The van der Waals surface area contributed by atoms with Crippen LogP contribution in [0.25, 0.3) is 0 Å². The van der Waals surface area contributed by atoms with E-state index in [1.54, 1.807) is 6.07 Å². The molecule has 0 bridgehead atoms. The first-order chi connectivity index (χ1) is 9.24. The Kier molecular flexibility index (Phi) is 9.10. The highest BCUT2D eigenvalue weighted by Crippen LogP contribution is 2.21. The third-order valence-corrected chi connectivity index (χ3v) is 3.57. The molecule has 1 aromatic rings. The Balaban J connectivity index is 2.00. The van der Waals surface area contributed by atoms with Crippen LogP contribution in [0.4, 0.5) is 4.39 Å². The lowest BCUT2D eigenvalue weighted by Gasteiger charge is -2.06. The number of hydrogen-bond donors (Lipinski definition) is 1. The van der Waals surface area contributed by atoms with Gasteiger partial charge in [-0.25, -0.2) is 4.39 Å². The van der Waals surface area contributed by atoms with Gasteiger partial charge in [-0.3, -0.25) is 0 Å². The minimum atomic E-state index is -0.407. The second-order valence-electron chi connectivity index (χ2n) is 4.62. The minimum Gasteiger partial charge on any atom is -0.494 e. The maximum Gasteiger partial charge on any atom is 0.142 e. The summed E-state index contributed by atoms with van der Waals surface area (Å²) in [5, 5.41) is 0.113. The standard InChI is InChI=1S/C15H22ClFOS/c16-14-12-13(8-9-15(14)17)18-10-6-4-2-1-3-5-7-11-19/h8-9,12,19H,1-7,10-11H2. The number of ether oxygens (including phenoxy) is 1. The molecular formula is C15H22ClFOS. The Hall–Kier alpha value is -0.410. The first-order valence-corrected chi connectivity index (χ1v) is 7.94. The zero-order chi connectivity index (χ0) is 13.9. The van der Waals surface area contributed by atoms with E-state index in [0.29, 0.717) is 12.4 Å². The van der Waals surface area contributed by atoms with Crippen LogP contribution in [0.15, 0.2) is 18.2 Å². The van der Waals surface area contributed by atoms with Crippen molar-refractivity contribution in [2.75, 3.05) is 12.4 Å². The number of unbranched alkanes of at least 4 members (excludes halogenated alkanes) is 6. The fourth-order valence-corrected chi connectivity index (χ4v) is 2.25. The molecule has 4 heteroatoms. The van der Waals surface area contributed by atoms with Gasteiger partial charge in [0.15, 0.2) is 0 Å². The Labute approximate surface area is 125 Å². The van der Waals surface area contributed by atoms with Crippen LogP contribution in [0, 0.1) is 5.82 Å². The predicted octanol–water partition coefficient (Wildman–Crippen LogP) is 5.52. The van der Waals surface area contributed by atoms with Gasteiger partial charge in [-0.2, -0.15) is 12.6 Å². The first kappa shape index (κ1) is 16.6. The van der Waals surface area contributed by atoms with Crippen molar-refractivity contribution < 1.29 is 9.13 Å². The molecule has 0 aromatic heterocycles. The molecule has 108 valence electrons. The van der Waals surface area contributed by atoms with E-state index in [1.165, 1.54) is 50.7 Å². The smallest absolute Gasteiger partial charge is 0.142 e. The van der Waals surface area contributed by atoms with Gasteiger partial charge in [-0.15, -0.1) is 0 Å². The van der Waals surface area contributed by atoms with Gasteiger partial charge < -0.3 is 4.74 Å². The quantitative estimate of drug-likeness (QED) is 0.442. The van der Waals surface area contributed by atoms with E-state index in [1.807, 2.05) is 0 Å². The highest BCUT2D eigenvalue weighted by molar-refractivity contribution is 7.80. The summed E-state index contributed by atoms with van der Waals surface area (Å²) in [5.41, 5.74) is 0. The van der Waals surface area contributed by atoms with E-state index in [9.17, 15) is 4.39 Å². The highest BCUT2D eigenvalue weighted by Gasteiger charge is 2.01. The fraction of sp³-hybridized carbons (Fsp3) is 0.600. The summed E-state index contributed by atoms with van der Waals surface area (Å²) >= 11 is 9.87. The van der Waals surface area contributed by atoms with Crippen molar-refractivity contribution in [1.82, 2.24) is 0 Å². The van der Waals surface area contributed by atoms with Crippen LogP contribution >= 0.6 is 24.2 Å². The highest BCUT2D eigenvalue weighted by atomic mass is 35.5. The third kappa shape index (κ3) is 7.68. The molecule has 0 amide bonds. The molecule has 0 aliphatic carbocycles. The largest absolute Gasteiger partial charge is 0.494 e. The molecule has 1 aromatic carbocycles. The van der Waals surface area contributed by atoms with E-state index in [4.69, 9.17) is 16.3 Å². The van der Waals surface area contributed by atoms with Crippen molar-refractivity contribution in [1.29, 1.82) is 0 Å². The Bertz CT molecular complexity index is 360. The molecule has 0 heterocycles. The van der Waals surface area contributed by atoms with Gasteiger partial charge in [0.25, 0.3) is 0 Å². The van der Waals surface area contributed by atoms with E-state index in [-0.39, 0.29) is 5.02 Å². The van der Waals surface area contributed by atoms with Crippen molar-refractivity contribution in [2.24, 2.45) is 0 Å². The number of halogens is 2. The van der Waals surface area contributed by atoms with E-state index in [2.05, 4.69) is 12.6 Å². The summed E-state index contributed by atoms with van der Waals surface area (Å²) in [6, 6.07) is 4.46. The fourth-order valence-electron chi connectivity index (χ4n) is 1.85. The average molecular weight is 305 g/mol. The zero-order valence-electron chi connectivity index (χ0n) is 11.2. The second-order valence-corrected chi connectivity index (χ2v) is 5.48. The molecule has 0 saturated carbocycles. The monoisotopic (exact) mass is 304 g/mol. The summed E-state index contributed by atoms with van der Waals surface area (Å²) in [5.74, 6) is 1.23. The molecular weight excluding hydrogens is 283 g/mol. The normalized spacial score (nSPS) is 10.7. The summed E-state index contributed by atoms with van der Waals surface area (Å²) in [4.78, 5) is 0. The van der Waals surface area contributed by atoms with Crippen LogP contribution in [0.3, 0.4) is 0 Å². The number of benzene rings is 1. The Morgan fingerprint density at radius 2 is 1.63 bits per heavy atom. The van der Waals surface area contributed by atoms with Crippen LogP contribution in [0.1, 0.15) is 44.9 Å². The maximum absolute atomic E-state index is 12.9. The molecule has 0 spiro atoms. The SMILES string of the molecule is Fc1ccc(OCCCCCCCCCS)cc1Cl.